The smallest absolute Gasteiger partial charge is 0.199 e. The highest BCUT2D eigenvalue weighted by molar-refractivity contribution is 7.87. The van der Waals surface area contributed by atoms with Gasteiger partial charge in [0.05, 0.1) is 0 Å². The van der Waals surface area contributed by atoms with E-state index in [4.69, 9.17) is 11.6 Å². The molecule has 0 spiro atoms. The molecule has 1 atom stereocenters. The van der Waals surface area contributed by atoms with Crippen molar-refractivity contribution in [2.24, 2.45) is 0 Å². The molecule has 1 heterocycles. The number of halogens is 1. The van der Waals surface area contributed by atoms with Crippen LogP contribution in [0.5, 0.6) is 0 Å². The maximum absolute atomic E-state index is 12.2. The molecule has 6 heteroatoms. The summed E-state index contributed by atoms with van der Waals surface area (Å²) in [7, 11) is -3.32. The van der Waals surface area contributed by atoms with E-state index in [1.54, 1.807) is 4.31 Å². The SMILES string of the molecule is CCC(CCCl)NS(=O)(=O)N1CCCCCC1. The van der Waals surface area contributed by atoms with E-state index >= 15 is 0 Å². The zero-order valence-corrected chi connectivity index (χ0v) is 12.1. The topological polar surface area (TPSA) is 49.4 Å². The van der Waals surface area contributed by atoms with E-state index in [1.807, 2.05) is 6.92 Å². The van der Waals surface area contributed by atoms with E-state index in [9.17, 15) is 8.42 Å². The molecule has 0 amide bonds. The van der Waals surface area contributed by atoms with Gasteiger partial charge in [0, 0.05) is 25.0 Å². The first kappa shape index (κ1) is 15.2. The van der Waals surface area contributed by atoms with Crippen LogP contribution in [0.1, 0.15) is 45.4 Å². The van der Waals surface area contributed by atoms with Crippen molar-refractivity contribution in [2.45, 2.75) is 51.5 Å². The molecule has 0 bridgehead atoms. The molecule has 0 aromatic rings. The summed E-state index contributed by atoms with van der Waals surface area (Å²) in [5, 5.41) is 0. The Hall–Kier alpha value is 0.160. The minimum absolute atomic E-state index is 0.0410. The molecule has 1 saturated heterocycles. The lowest BCUT2D eigenvalue weighted by Crippen LogP contribution is -2.45. The van der Waals surface area contributed by atoms with Gasteiger partial charge in [-0.15, -0.1) is 11.6 Å². The van der Waals surface area contributed by atoms with Crippen molar-refractivity contribution in [2.75, 3.05) is 19.0 Å². The number of hydrogen-bond donors (Lipinski definition) is 1. The van der Waals surface area contributed by atoms with Gasteiger partial charge in [0.15, 0.2) is 0 Å². The van der Waals surface area contributed by atoms with Crippen LogP contribution in [0.15, 0.2) is 0 Å². The van der Waals surface area contributed by atoms with Gasteiger partial charge >= 0.3 is 0 Å². The third kappa shape index (κ3) is 5.12. The van der Waals surface area contributed by atoms with Crippen molar-refractivity contribution in [1.29, 1.82) is 0 Å². The first-order valence-corrected chi connectivity index (χ1v) is 8.41. The average Bonchev–Trinajstić information content (AvgIpc) is 2.57. The maximum atomic E-state index is 12.2. The fraction of sp³-hybridized carbons (Fsp3) is 1.00. The maximum Gasteiger partial charge on any atom is 0.279 e. The van der Waals surface area contributed by atoms with Crippen molar-refractivity contribution in [3.05, 3.63) is 0 Å². The van der Waals surface area contributed by atoms with Gasteiger partial charge in [0.2, 0.25) is 0 Å². The number of rotatable bonds is 6. The summed E-state index contributed by atoms with van der Waals surface area (Å²) >= 11 is 5.67. The van der Waals surface area contributed by atoms with Crippen molar-refractivity contribution in [3.63, 3.8) is 0 Å². The van der Waals surface area contributed by atoms with Gasteiger partial charge in [-0.25, -0.2) is 0 Å². The summed E-state index contributed by atoms with van der Waals surface area (Å²) in [6.07, 6.45) is 5.65. The van der Waals surface area contributed by atoms with Crippen LogP contribution in [-0.4, -0.2) is 37.7 Å². The van der Waals surface area contributed by atoms with Gasteiger partial charge < -0.3 is 0 Å². The Labute approximate surface area is 110 Å². The van der Waals surface area contributed by atoms with Crippen LogP contribution in [0.4, 0.5) is 0 Å². The second-order valence-electron chi connectivity index (χ2n) is 4.52. The molecule has 1 aliphatic rings. The van der Waals surface area contributed by atoms with E-state index in [1.165, 1.54) is 0 Å². The van der Waals surface area contributed by atoms with Gasteiger partial charge in [-0.3, -0.25) is 0 Å². The van der Waals surface area contributed by atoms with E-state index in [-0.39, 0.29) is 6.04 Å². The zero-order valence-electron chi connectivity index (χ0n) is 10.5. The van der Waals surface area contributed by atoms with Crippen LogP contribution in [0.25, 0.3) is 0 Å². The molecule has 1 N–H and O–H groups in total. The van der Waals surface area contributed by atoms with Crippen LogP contribution < -0.4 is 4.72 Å². The van der Waals surface area contributed by atoms with Gasteiger partial charge in [-0.1, -0.05) is 19.8 Å². The Morgan fingerprint density at radius 2 is 1.82 bits per heavy atom. The number of alkyl halides is 1. The lowest BCUT2D eigenvalue weighted by atomic mass is 10.2. The van der Waals surface area contributed by atoms with Crippen LogP contribution in [0, 0.1) is 0 Å². The van der Waals surface area contributed by atoms with Crippen molar-refractivity contribution in [3.8, 4) is 0 Å². The van der Waals surface area contributed by atoms with Crippen LogP contribution in [0.3, 0.4) is 0 Å². The van der Waals surface area contributed by atoms with Gasteiger partial charge in [0.25, 0.3) is 10.2 Å². The minimum atomic E-state index is -3.32. The van der Waals surface area contributed by atoms with Crippen LogP contribution >= 0.6 is 11.6 Å². The predicted molar refractivity (Wildman–Crippen MR) is 71.5 cm³/mol. The molecule has 0 aliphatic carbocycles. The van der Waals surface area contributed by atoms with Crippen LogP contribution in [0.2, 0.25) is 0 Å². The fourth-order valence-electron chi connectivity index (χ4n) is 2.05. The third-order valence-electron chi connectivity index (χ3n) is 3.17. The summed E-state index contributed by atoms with van der Waals surface area (Å²) in [6.45, 7) is 3.27. The lowest BCUT2D eigenvalue weighted by molar-refractivity contribution is 0.404. The molecular weight excluding hydrogens is 260 g/mol. The molecule has 17 heavy (non-hydrogen) atoms. The summed E-state index contributed by atoms with van der Waals surface area (Å²) < 4.78 is 28.6. The highest BCUT2D eigenvalue weighted by Crippen LogP contribution is 2.13. The lowest BCUT2D eigenvalue weighted by Gasteiger charge is -2.24. The van der Waals surface area contributed by atoms with Crippen LogP contribution in [-0.2, 0) is 10.2 Å². The Morgan fingerprint density at radius 1 is 1.24 bits per heavy atom. The monoisotopic (exact) mass is 282 g/mol. The summed E-state index contributed by atoms with van der Waals surface area (Å²) in [6, 6.07) is -0.0410. The first-order chi connectivity index (χ1) is 8.10. The van der Waals surface area contributed by atoms with E-state index in [0.29, 0.717) is 25.4 Å². The van der Waals surface area contributed by atoms with Crippen molar-refractivity contribution >= 4 is 21.8 Å². The fourth-order valence-corrected chi connectivity index (χ4v) is 3.90. The van der Waals surface area contributed by atoms with E-state index < -0.39 is 10.2 Å². The molecule has 0 saturated carbocycles. The number of hydrogen-bond acceptors (Lipinski definition) is 2. The summed E-state index contributed by atoms with van der Waals surface area (Å²) in [4.78, 5) is 0. The van der Waals surface area contributed by atoms with E-state index in [2.05, 4.69) is 4.72 Å². The van der Waals surface area contributed by atoms with Gasteiger partial charge in [-0.2, -0.15) is 17.4 Å². The van der Waals surface area contributed by atoms with Gasteiger partial charge in [0.1, 0.15) is 0 Å². The third-order valence-corrected chi connectivity index (χ3v) is 5.07. The summed E-state index contributed by atoms with van der Waals surface area (Å²) in [5.41, 5.74) is 0. The largest absolute Gasteiger partial charge is 0.279 e. The molecule has 1 unspecified atom stereocenters. The molecule has 4 nitrogen and oxygen atoms in total. The summed E-state index contributed by atoms with van der Waals surface area (Å²) in [5.74, 6) is 0.487. The standard InChI is InChI=1S/C11H23ClN2O2S/c1-2-11(7-8-12)13-17(15,16)14-9-5-3-4-6-10-14/h11,13H,2-10H2,1H3. The highest BCUT2D eigenvalue weighted by Gasteiger charge is 2.24. The van der Waals surface area contributed by atoms with Crippen molar-refractivity contribution in [1.82, 2.24) is 9.03 Å². The zero-order chi connectivity index (χ0) is 12.7. The highest BCUT2D eigenvalue weighted by atomic mass is 35.5. The number of nitrogens with one attached hydrogen (secondary N) is 1. The quantitative estimate of drug-likeness (QED) is 0.759. The Morgan fingerprint density at radius 3 is 2.29 bits per heavy atom. The average molecular weight is 283 g/mol. The Balaban J connectivity index is 2.58. The Kier molecular flexibility index (Phi) is 6.77. The second-order valence-corrected chi connectivity index (χ2v) is 6.60. The van der Waals surface area contributed by atoms with Gasteiger partial charge in [-0.05, 0) is 25.7 Å². The molecule has 1 rings (SSSR count). The normalized spacial score (nSPS) is 21.1. The molecule has 0 radical (unpaired) electrons. The molecule has 102 valence electrons. The molecule has 0 aromatic carbocycles. The van der Waals surface area contributed by atoms with E-state index in [0.717, 1.165) is 32.1 Å². The molecular formula is C11H23ClN2O2S. The molecule has 1 aliphatic heterocycles. The number of nitrogens with zero attached hydrogens (tertiary/aromatic N) is 1. The minimum Gasteiger partial charge on any atom is -0.199 e. The molecule has 0 aromatic heterocycles. The predicted octanol–water partition coefficient (Wildman–Crippen LogP) is 2.10. The Bertz CT molecular complexity index is 301. The first-order valence-electron chi connectivity index (χ1n) is 6.43. The molecule has 1 fully saturated rings. The van der Waals surface area contributed by atoms with Crippen molar-refractivity contribution < 1.29 is 8.42 Å². The second kappa shape index (κ2) is 7.56.